The van der Waals surface area contributed by atoms with E-state index in [1.165, 1.54) is 0 Å². The van der Waals surface area contributed by atoms with Crippen LogP contribution in [0.4, 0.5) is 0 Å². The molecule has 1 atom stereocenters. The summed E-state index contributed by atoms with van der Waals surface area (Å²) in [5.41, 5.74) is 6.99. The van der Waals surface area contributed by atoms with Crippen molar-refractivity contribution in [3.05, 3.63) is 59.9 Å². The molecule has 1 aromatic carbocycles. The molecule has 1 saturated heterocycles. The van der Waals surface area contributed by atoms with Crippen LogP contribution in [0.15, 0.2) is 48.7 Å². The Labute approximate surface area is 164 Å². The third kappa shape index (κ3) is 6.04. The number of amides is 2. The number of hydrogen-bond donors (Lipinski definition) is 3. The molecule has 0 unspecified atom stereocenters. The number of benzene rings is 1. The van der Waals surface area contributed by atoms with Gasteiger partial charge in [0.05, 0.1) is 18.3 Å². The van der Waals surface area contributed by atoms with Crippen LogP contribution in [-0.2, 0) is 22.7 Å². The molecule has 1 fully saturated rings. The molecule has 0 spiro atoms. The molecule has 0 aliphatic carbocycles. The third-order valence-electron chi connectivity index (χ3n) is 4.43. The Bertz CT molecular complexity index is 799. The predicted molar refractivity (Wildman–Crippen MR) is 104 cm³/mol. The lowest BCUT2D eigenvalue weighted by Gasteiger charge is -2.33. The molecule has 148 valence electrons. The van der Waals surface area contributed by atoms with Crippen LogP contribution in [0.25, 0.3) is 0 Å². The number of carbonyl (C=O) groups excluding carboxylic acids is 2. The van der Waals surface area contributed by atoms with E-state index in [1.807, 2.05) is 36.4 Å². The Morgan fingerprint density at radius 1 is 1.29 bits per heavy atom. The number of aromatic nitrogens is 1. The maximum Gasteiger partial charge on any atom is 0.255 e. The van der Waals surface area contributed by atoms with E-state index >= 15 is 0 Å². The largest absolute Gasteiger partial charge is 0.484 e. The maximum atomic E-state index is 12.5. The number of nitrogens with two attached hydrogens (primary N) is 1. The van der Waals surface area contributed by atoms with Crippen molar-refractivity contribution in [2.45, 2.75) is 19.1 Å². The van der Waals surface area contributed by atoms with Crippen molar-refractivity contribution in [2.75, 3.05) is 26.2 Å². The van der Waals surface area contributed by atoms with E-state index in [1.54, 1.807) is 12.3 Å². The van der Waals surface area contributed by atoms with Crippen LogP contribution >= 0.6 is 0 Å². The molecule has 1 aliphatic heterocycles. The van der Waals surface area contributed by atoms with Gasteiger partial charge in [-0.2, -0.15) is 0 Å². The van der Waals surface area contributed by atoms with Crippen molar-refractivity contribution in [1.29, 1.82) is 0 Å². The minimum absolute atomic E-state index is 0.0334. The second kappa shape index (κ2) is 9.82. The summed E-state index contributed by atoms with van der Waals surface area (Å²) < 4.78 is 5.36. The summed E-state index contributed by atoms with van der Waals surface area (Å²) in [5, 5.41) is 6.20. The van der Waals surface area contributed by atoms with E-state index < -0.39 is 5.91 Å². The summed E-state index contributed by atoms with van der Waals surface area (Å²) in [6.07, 6.45) is 1.71. The van der Waals surface area contributed by atoms with Crippen molar-refractivity contribution in [3.63, 3.8) is 0 Å². The summed E-state index contributed by atoms with van der Waals surface area (Å²) in [6, 6.07) is 12.9. The highest BCUT2D eigenvalue weighted by molar-refractivity contribution is 5.82. The number of pyridine rings is 1. The van der Waals surface area contributed by atoms with Crippen LogP contribution < -0.4 is 21.1 Å². The van der Waals surface area contributed by atoms with Crippen molar-refractivity contribution < 1.29 is 14.3 Å². The van der Waals surface area contributed by atoms with Crippen LogP contribution in [0.3, 0.4) is 0 Å². The Balaban J connectivity index is 1.51. The maximum absolute atomic E-state index is 12.5. The number of hydrogen-bond acceptors (Lipinski definition) is 6. The zero-order valence-corrected chi connectivity index (χ0v) is 15.6. The fourth-order valence-corrected chi connectivity index (χ4v) is 3.08. The minimum atomic E-state index is -0.507. The monoisotopic (exact) mass is 383 g/mol. The number of carbonyl (C=O) groups is 2. The van der Waals surface area contributed by atoms with Gasteiger partial charge in [-0.15, -0.1) is 0 Å². The van der Waals surface area contributed by atoms with E-state index in [-0.39, 0.29) is 18.6 Å². The minimum Gasteiger partial charge on any atom is -0.484 e. The lowest BCUT2D eigenvalue weighted by Crippen LogP contribution is -2.56. The van der Waals surface area contributed by atoms with Crippen LogP contribution in [0.2, 0.25) is 0 Å². The van der Waals surface area contributed by atoms with Gasteiger partial charge in [-0.25, -0.2) is 0 Å². The van der Waals surface area contributed by atoms with E-state index in [9.17, 15) is 9.59 Å². The first-order valence-electron chi connectivity index (χ1n) is 9.23. The van der Waals surface area contributed by atoms with Gasteiger partial charge >= 0.3 is 0 Å². The molecule has 1 aliphatic rings. The van der Waals surface area contributed by atoms with Crippen LogP contribution in [0.5, 0.6) is 5.75 Å². The van der Waals surface area contributed by atoms with Crippen LogP contribution in [0.1, 0.15) is 11.3 Å². The summed E-state index contributed by atoms with van der Waals surface area (Å²) in [5.74, 6) is 0.0667. The molecular formula is C20H25N5O3. The van der Waals surface area contributed by atoms with Gasteiger partial charge in [-0.1, -0.05) is 18.2 Å². The molecule has 0 bridgehead atoms. The highest BCUT2D eigenvalue weighted by Crippen LogP contribution is 2.16. The lowest BCUT2D eigenvalue weighted by molar-refractivity contribution is -0.124. The fourth-order valence-electron chi connectivity index (χ4n) is 3.08. The number of rotatable bonds is 8. The highest BCUT2D eigenvalue weighted by atomic mass is 16.5. The molecule has 8 nitrogen and oxygen atoms in total. The van der Waals surface area contributed by atoms with Crippen LogP contribution in [0, 0.1) is 0 Å². The summed E-state index contributed by atoms with van der Waals surface area (Å²) in [4.78, 5) is 29.8. The van der Waals surface area contributed by atoms with Gasteiger partial charge in [0.25, 0.3) is 5.91 Å². The quantitative estimate of drug-likeness (QED) is 0.594. The van der Waals surface area contributed by atoms with Crippen molar-refractivity contribution in [2.24, 2.45) is 5.73 Å². The molecule has 3 rings (SSSR count). The van der Waals surface area contributed by atoms with Gasteiger partial charge in [-0.3, -0.25) is 19.5 Å². The van der Waals surface area contributed by atoms with E-state index in [4.69, 9.17) is 10.5 Å². The van der Waals surface area contributed by atoms with Gasteiger partial charge in [0.1, 0.15) is 5.75 Å². The topological polar surface area (TPSA) is 110 Å². The van der Waals surface area contributed by atoms with E-state index in [2.05, 4.69) is 20.5 Å². The normalized spacial score (nSPS) is 17.1. The van der Waals surface area contributed by atoms with Gasteiger partial charge in [0.15, 0.2) is 6.61 Å². The first-order valence-corrected chi connectivity index (χ1v) is 9.23. The lowest BCUT2D eigenvalue weighted by atomic mass is 10.1. The molecular weight excluding hydrogens is 358 g/mol. The number of primary amides is 1. The van der Waals surface area contributed by atoms with Gasteiger partial charge in [0, 0.05) is 32.4 Å². The highest BCUT2D eigenvalue weighted by Gasteiger charge is 2.25. The molecule has 2 amide bonds. The fraction of sp³-hybridized carbons (Fsp3) is 0.350. The van der Waals surface area contributed by atoms with Gasteiger partial charge < -0.3 is 21.1 Å². The second-order valence-electron chi connectivity index (χ2n) is 6.68. The first kappa shape index (κ1) is 19.8. The summed E-state index contributed by atoms with van der Waals surface area (Å²) >= 11 is 0. The molecule has 1 aromatic heterocycles. The Hall–Kier alpha value is -2.97. The number of nitrogens with zero attached hydrogens (tertiary/aromatic N) is 2. The standard InChI is InChI=1S/C20H25N5O3/c21-19(26)14-28-17-6-3-4-15(10-17)12-25-9-8-23-18(13-25)20(27)24-11-16-5-1-2-7-22-16/h1-7,10,18,23H,8-9,11-14H2,(H2,21,26)(H,24,27)/t18-/m1/s1. The summed E-state index contributed by atoms with van der Waals surface area (Å²) in [6.45, 7) is 3.16. The molecule has 4 N–H and O–H groups in total. The van der Waals surface area contributed by atoms with E-state index in [0.29, 0.717) is 25.4 Å². The Morgan fingerprint density at radius 3 is 2.96 bits per heavy atom. The van der Waals surface area contributed by atoms with Crippen LogP contribution in [-0.4, -0.2) is 54.0 Å². The van der Waals surface area contributed by atoms with E-state index in [0.717, 1.165) is 24.3 Å². The Kier molecular flexibility index (Phi) is 6.94. The number of nitrogens with one attached hydrogen (secondary N) is 2. The van der Waals surface area contributed by atoms with Crippen molar-refractivity contribution >= 4 is 11.8 Å². The predicted octanol–water partition coefficient (Wildman–Crippen LogP) is 0.0359. The zero-order chi connectivity index (χ0) is 19.8. The van der Waals surface area contributed by atoms with Crippen molar-refractivity contribution in [1.82, 2.24) is 20.5 Å². The smallest absolute Gasteiger partial charge is 0.255 e. The zero-order valence-electron chi connectivity index (χ0n) is 15.6. The molecule has 2 heterocycles. The molecule has 0 saturated carbocycles. The van der Waals surface area contributed by atoms with Crippen molar-refractivity contribution in [3.8, 4) is 5.75 Å². The molecule has 0 radical (unpaired) electrons. The number of ether oxygens (including phenoxy) is 1. The first-order chi connectivity index (χ1) is 13.6. The SMILES string of the molecule is NC(=O)COc1cccc(CN2CCN[C@@H](C(=O)NCc3ccccn3)C2)c1. The molecule has 8 heteroatoms. The average molecular weight is 383 g/mol. The molecule has 2 aromatic rings. The van der Waals surface area contributed by atoms with Gasteiger partial charge in [0.2, 0.25) is 5.91 Å². The summed E-state index contributed by atoms with van der Waals surface area (Å²) in [7, 11) is 0. The number of piperazine rings is 1. The Morgan fingerprint density at radius 2 is 2.18 bits per heavy atom. The molecule has 28 heavy (non-hydrogen) atoms. The second-order valence-corrected chi connectivity index (χ2v) is 6.68. The third-order valence-corrected chi connectivity index (χ3v) is 4.43. The average Bonchev–Trinajstić information content (AvgIpc) is 2.72. The van der Waals surface area contributed by atoms with Gasteiger partial charge in [-0.05, 0) is 29.8 Å².